The van der Waals surface area contributed by atoms with Crippen LogP contribution >= 0.6 is 0 Å². The van der Waals surface area contributed by atoms with Crippen LogP contribution in [-0.2, 0) is 4.74 Å². The Morgan fingerprint density at radius 1 is 0.647 bits per heavy atom. The lowest BCUT2D eigenvalue weighted by Crippen LogP contribution is -1.91. The maximum absolute atomic E-state index is 5.22. The zero-order chi connectivity index (χ0) is 12.6. The van der Waals surface area contributed by atoms with Gasteiger partial charge in [0.15, 0.2) is 0 Å². The van der Waals surface area contributed by atoms with E-state index >= 15 is 0 Å². The summed E-state index contributed by atoms with van der Waals surface area (Å²) in [7, 11) is 0. The van der Waals surface area contributed by atoms with Crippen molar-refractivity contribution in [2.75, 3.05) is 6.61 Å². The molecule has 0 amide bonds. The third-order valence-corrected chi connectivity index (χ3v) is 3.10. The van der Waals surface area contributed by atoms with E-state index in [4.69, 9.17) is 4.74 Å². The lowest BCUT2D eigenvalue weighted by molar-refractivity contribution is 0.188. The van der Waals surface area contributed by atoms with Gasteiger partial charge in [-0.1, -0.05) is 78.1 Å². The van der Waals surface area contributed by atoms with Gasteiger partial charge in [-0.3, -0.25) is 0 Å². The topological polar surface area (TPSA) is 9.23 Å². The first-order valence-corrected chi connectivity index (χ1v) is 7.76. The highest BCUT2D eigenvalue weighted by Crippen LogP contribution is 2.11. The molecule has 0 bridgehead atoms. The van der Waals surface area contributed by atoms with E-state index in [0.717, 1.165) is 13.0 Å². The average Bonchev–Trinajstić information content (AvgIpc) is 2.35. The highest BCUT2D eigenvalue weighted by atomic mass is 16.5. The SMILES string of the molecule is CC[C]OCCCCCCCCCCCCC. The molecule has 0 N–H and O–H groups in total. The second-order valence-electron chi connectivity index (χ2n) is 4.88. The van der Waals surface area contributed by atoms with Crippen LogP contribution in [0.3, 0.4) is 0 Å². The van der Waals surface area contributed by atoms with E-state index in [0.29, 0.717) is 0 Å². The molecule has 1 nitrogen and oxygen atoms in total. The van der Waals surface area contributed by atoms with Crippen molar-refractivity contribution < 1.29 is 4.74 Å². The zero-order valence-electron chi connectivity index (χ0n) is 12.1. The third kappa shape index (κ3) is 16.0. The molecule has 2 radical (unpaired) electrons. The number of unbranched alkanes of at least 4 members (excludes halogenated alkanes) is 10. The van der Waals surface area contributed by atoms with E-state index in [9.17, 15) is 0 Å². The summed E-state index contributed by atoms with van der Waals surface area (Å²) in [5.74, 6) is 0. The molecular formula is C16H32O. The fraction of sp³-hybridized carbons (Fsp3) is 0.938. The number of hydrogen-bond donors (Lipinski definition) is 0. The molecule has 0 aliphatic carbocycles. The first-order valence-electron chi connectivity index (χ1n) is 7.76. The van der Waals surface area contributed by atoms with Gasteiger partial charge < -0.3 is 4.74 Å². The van der Waals surface area contributed by atoms with Gasteiger partial charge in [0.25, 0.3) is 0 Å². The molecule has 0 aromatic heterocycles. The molecule has 0 saturated carbocycles. The maximum Gasteiger partial charge on any atom is 0.131 e. The van der Waals surface area contributed by atoms with Gasteiger partial charge in [0.1, 0.15) is 6.61 Å². The average molecular weight is 240 g/mol. The van der Waals surface area contributed by atoms with Gasteiger partial charge in [0.05, 0.1) is 0 Å². The van der Waals surface area contributed by atoms with Crippen LogP contribution in [0.2, 0.25) is 0 Å². The minimum absolute atomic E-state index is 0.866. The second kappa shape index (κ2) is 16.0. The largest absolute Gasteiger partial charge is 0.369 e. The molecule has 102 valence electrons. The van der Waals surface area contributed by atoms with Crippen molar-refractivity contribution in [3.8, 4) is 0 Å². The fourth-order valence-corrected chi connectivity index (χ4v) is 2.01. The summed E-state index contributed by atoms with van der Waals surface area (Å²) in [6, 6.07) is 0. The van der Waals surface area contributed by atoms with Crippen LogP contribution in [-0.4, -0.2) is 6.61 Å². The predicted molar refractivity (Wildman–Crippen MR) is 75.9 cm³/mol. The monoisotopic (exact) mass is 240 g/mol. The van der Waals surface area contributed by atoms with Gasteiger partial charge in [-0.15, -0.1) is 0 Å². The Labute approximate surface area is 109 Å². The summed E-state index contributed by atoms with van der Waals surface area (Å²) in [5.41, 5.74) is 0. The van der Waals surface area contributed by atoms with E-state index in [-0.39, 0.29) is 0 Å². The van der Waals surface area contributed by atoms with Crippen molar-refractivity contribution in [1.82, 2.24) is 0 Å². The smallest absolute Gasteiger partial charge is 0.131 e. The van der Waals surface area contributed by atoms with E-state index in [1.807, 2.05) is 0 Å². The number of rotatable bonds is 14. The van der Waals surface area contributed by atoms with Crippen LogP contribution in [0.4, 0.5) is 0 Å². The molecule has 0 aliphatic heterocycles. The fourth-order valence-electron chi connectivity index (χ4n) is 2.01. The summed E-state index contributed by atoms with van der Waals surface area (Å²) in [6.07, 6.45) is 16.2. The quantitative estimate of drug-likeness (QED) is 0.351. The van der Waals surface area contributed by atoms with E-state index in [2.05, 4.69) is 20.5 Å². The molecule has 0 aromatic rings. The lowest BCUT2D eigenvalue weighted by atomic mass is 10.1. The van der Waals surface area contributed by atoms with Crippen LogP contribution in [0.1, 0.15) is 90.9 Å². The molecule has 0 aromatic carbocycles. The first kappa shape index (κ1) is 17.0. The highest BCUT2D eigenvalue weighted by Gasteiger charge is 1.93. The highest BCUT2D eigenvalue weighted by molar-refractivity contribution is 4.49. The molecule has 0 saturated heterocycles. The molecular weight excluding hydrogens is 208 g/mol. The second-order valence-corrected chi connectivity index (χ2v) is 4.88. The van der Waals surface area contributed by atoms with E-state index in [1.165, 1.54) is 70.6 Å². The first-order chi connectivity index (χ1) is 8.41. The molecule has 0 fully saturated rings. The summed E-state index contributed by atoms with van der Waals surface area (Å²) in [5, 5.41) is 0. The molecule has 0 spiro atoms. The standard InChI is InChI=1S/C16H32O/c1-3-5-6-7-8-9-10-11-12-13-14-16-17-15-4-2/h3-14,16H2,1-2H3. The predicted octanol–water partition coefficient (Wildman–Crippen LogP) is 5.76. The summed E-state index contributed by atoms with van der Waals surface area (Å²) < 4.78 is 5.22. The minimum Gasteiger partial charge on any atom is -0.369 e. The molecule has 0 atom stereocenters. The van der Waals surface area contributed by atoms with Crippen molar-refractivity contribution >= 4 is 0 Å². The van der Waals surface area contributed by atoms with Crippen LogP contribution in [0.25, 0.3) is 0 Å². The normalized spacial score (nSPS) is 10.9. The summed E-state index contributed by atoms with van der Waals surface area (Å²) in [6.45, 7) is 8.08. The van der Waals surface area contributed by atoms with E-state index < -0.39 is 0 Å². The van der Waals surface area contributed by atoms with Crippen LogP contribution < -0.4 is 0 Å². The lowest BCUT2D eigenvalue weighted by Gasteiger charge is -2.03. The Balaban J connectivity index is 2.85. The van der Waals surface area contributed by atoms with Gasteiger partial charge >= 0.3 is 0 Å². The van der Waals surface area contributed by atoms with Gasteiger partial charge in [-0.05, 0) is 12.8 Å². The molecule has 0 rings (SSSR count). The Morgan fingerprint density at radius 3 is 1.59 bits per heavy atom. The third-order valence-electron chi connectivity index (χ3n) is 3.10. The molecule has 0 heterocycles. The van der Waals surface area contributed by atoms with Crippen LogP contribution in [0.5, 0.6) is 0 Å². The van der Waals surface area contributed by atoms with Gasteiger partial charge in [-0.2, -0.15) is 0 Å². The van der Waals surface area contributed by atoms with Crippen LogP contribution in [0.15, 0.2) is 0 Å². The Hall–Kier alpha value is -0.0400. The minimum atomic E-state index is 0.866. The Bertz CT molecular complexity index is 109. The maximum atomic E-state index is 5.22. The van der Waals surface area contributed by atoms with Gasteiger partial charge in [-0.25, -0.2) is 0 Å². The summed E-state index contributed by atoms with van der Waals surface area (Å²) >= 11 is 0. The van der Waals surface area contributed by atoms with Crippen LogP contribution in [0, 0.1) is 6.61 Å². The molecule has 17 heavy (non-hydrogen) atoms. The van der Waals surface area contributed by atoms with Crippen molar-refractivity contribution in [2.45, 2.75) is 90.9 Å². The Kier molecular flexibility index (Phi) is 15.9. The number of ether oxygens (including phenoxy) is 1. The van der Waals surface area contributed by atoms with E-state index in [1.54, 1.807) is 0 Å². The van der Waals surface area contributed by atoms with Gasteiger partial charge in [0, 0.05) is 6.61 Å². The van der Waals surface area contributed by atoms with Crippen molar-refractivity contribution in [1.29, 1.82) is 0 Å². The van der Waals surface area contributed by atoms with Gasteiger partial charge in [0.2, 0.25) is 0 Å². The Morgan fingerprint density at radius 2 is 1.12 bits per heavy atom. The van der Waals surface area contributed by atoms with Crippen molar-refractivity contribution in [3.05, 3.63) is 6.61 Å². The zero-order valence-corrected chi connectivity index (χ0v) is 12.1. The number of hydrogen-bond acceptors (Lipinski definition) is 1. The molecule has 1 heteroatoms. The molecule has 0 aliphatic rings. The summed E-state index contributed by atoms with van der Waals surface area (Å²) in [4.78, 5) is 0. The van der Waals surface area contributed by atoms with Crippen molar-refractivity contribution in [2.24, 2.45) is 0 Å². The molecule has 0 unspecified atom stereocenters. The van der Waals surface area contributed by atoms with Crippen molar-refractivity contribution in [3.63, 3.8) is 0 Å².